The number of esters is 1. The van der Waals surface area contributed by atoms with Gasteiger partial charge in [0.05, 0.1) is 5.56 Å². The van der Waals surface area contributed by atoms with Gasteiger partial charge in [0.2, 0.25) is 0 Å². The number of hydrogen-bond donors (Lipinski definition) is 0. The molecule has 0 N–H and O–H groups in total. The third kappa shape index (κ3) is 5.65. The predicted molar refractivity (Wildman–Crippen MR) is 124 cm³/mol. The van der Waals surface area contributed by atoms with Gasteiger partial charge in [-0.2, -0.15) is 0 Å². The highest BCUT2D eigenvalue weighted by atomic mass is 16.6. The maximum atomic E-state index is 12.4. The van der Waals surface area contributed by atoms with Crippen LogP contribution in [0.3, 0.4) is 0 Å². The molecule has 0 aliphatic carbocycles. The van der Waals surface area contributed by atoms with Crippen molar-refractivity contribution in [1.29, 1.82) is 0 Å². The van der Waals surface area contributed by atoms with Crippen LogP contribution < -0.4 is 4.74 Å². The van der Waals surface area contributed by atoms with Gasteiger partial charge < -0.3 is 9.47 Å². The van der Waals surface area contributed by atoms with E-state index in [0.29, 0.717) is 5.56 Å². The van der Waals surface area contributed by atoms with Gasteiger partial charge in [-0.25, -0.2) is 4.79 Å². The lowest BCUT2D eigenvalue weighted by Gasteiger charge is -2.30. The molecule has 0 aliphatic rings. The summed E-state index contributed by atoms with van der Waals surface area (Å²) in [4.78, 5) is 12.4. The molecule has 0 fully saturated rings. The number of carbonyl (C=O) groups is 1. The van der Waals surface area contributed by atoms with Gasteiger partial charge in [-0.3, -0.25) is 0 Å². The first-order valence-electron chi connectivity index (χ1n) is 11.1. The molecule has 0 amide bonds. The van der Waals surface area contributed by atoms with E-state index in [4.69, 9.17) is 9.47 Å². The van der Waals surface area contributed by atoms with Gasteiger partial charge in [0.1, 0.15) is 17.0 Å². The first kappa shape index (κ1) is 24.0. The molecule has 0 radical (unpaired) electrons. The highest BCUT2D eigenvalue weighted by Gasteiger charge is 2.26. The largest absolute Gasteiger partial charge is 0.488 e. The lowest BCUT2D eigenvalue weighted by molar-refractivity contribution is -0.00244. The first-order chi connectivity index (χ1) is 14.0. The van der Waals surface area contributed by atoms with Gasteiger partial charge in [-0.05, 0) is 75.4 Å². The Morgan fingerprint density at radius 1 is 0.733 bits per heavy atom. The second-order valence-electron chi connectivity index (χ2n) is 9.49. The molecule has 0 saturated heterocycles. The summed E-state index contributed by atoms with van der Waals surface area (Å²) < 4.78 is 11.8. The van der Waals surface area contributed by atoms with E-state index in [0.717, 1.165) is 30.6 Å². The van der Waals surface area contributed by atoms with E-state index in [2.05, 4.69) is 58.9 Å². The van der Waals surface area contributed by atoms with E-state index in [1.54, 1.807) is 0 Å². The lowest BCUT2D eigenvalue weighted by atomic mass is 9.78. The summed E-state index contributed by atoms with van der Waals surface area (Å²) in [7, 11) is 0. The molecule has 2 aromatic carbocycles. The van der Waals surface area contributed by atoms with Crippen molar-refractivity contribution in [1.82, 2.24) is 0 Å². The number of benzene rings is 2. The molecule has 0 heterocycles. The maximum Gasteiger partial charge on any atom is 0.338 e. The van der Waals surface area contributed by atoms with Crippen LogP contribution in [0.2, 0.25) is 0 Å². The highest BCUT2D eigenvalue weighted by Crippen LogP contribution is 2.34. The molecule has 0 bridgehead atoms. The molecule has 30 heavy (non-hydrogen) atoms. The van der Waals surface area contributed by atoms with Gasteiger partial charge in [-0.1, -0.05) is 58.9 Å². The van der Waals surface area contributed by atoms with Gasteiger partial charge in [0, 0.05) is 5.41 Å². The molecule has 0 aliphatic heterocycles. The molecule has 0 atom stereocenters. The molecule has 3 nitrogen and oxygen atoms in total. The fourth-order valence-corrected chi connectivity index (χ4v) is 3.19. The zero-order valence-corrected chi connectivity index (χ0v) is 20.0. The van der Waals surface area contributed by atoms with Crippen molar-refractivity contribution in [2.75, 3.05) is 0 Å². The summed E-state index contributed by atoms with van der Waals surface area (Å²) >= 11 is 0. The number of rotatable bonds is 9. The van der Waals surface area contributed by atoms with Crippen molar-refractivity contribution in [2.45, 2.75) is 91.3 Å². The normalized spacial score (nSPS) is 12.5. The average Bonchev–Trinajstić information content (AvgIpc) is 2.73. The molecule has 0 saturated carbocycles. The molecule has 2 aromatic rings. The molecular weight excluding hydrogens is 372 g/mol. The minimum absolute atomic E-state index is 0.131. The second-order valence-corrected chi connectivity index (χ2v) is 9.49. The fraction of sp³-hybridized carbons (Fsp3) is 0.519. The van der Waals surface area contributed by atoms with Crippen LogP contribution in [0, 0.1) is 0 Å². The monoisotopic (exact) mass is 410 g/mol. The van der Waals surface area contributed by atoms with Crippen LogP contribution >= 0.6 is 0 Å². The fourth-order valence-electron chi connectivity index (χ4n) is 3.19. The van der Waals surface area contributed by atoms with Crippen LogP contribution in [0.1, 0.15) is 96.1 Å². The quantitative estimate of drug-likeness (QED) is 0.406. The topological polar surface area (TPSA) is 35.5 Å². The molecule has 0 unspecified atom stereocenters. The Hall–Kier alpha value is -2.29. The van der Waals surface area contributed by atoms with Crippen molar-refractivity contribution in [2.24, 2.45) is 0 Å². The van der Waals surface area contributed by atoms with Crippen LogP contribution in [0.5, 0.6) is 5.75 Å². The highest BCUT2D eigenvalue weighted by molar-refractivity contribution is 5.89. The number of ether oxygens (including phenoxy) is 2. The molecule has 3 heteroatoms. The van der Waals surface area contributed by atoms with Crippen molar-refractivity contribution >= 4 is 5.97 Å². The molecule has 2 rings (SSSR count). The van der Waals surface area contributed by atoms with Crippen LogP contribution in [0.4, 0.5) is 0 Å². The predicted octanol–water partition coefficient (Wildman–Crippen LogP) is 7.32. The standard InChI is InChI=1S/C27H38O3/c1-9-25(4,5)30-24(28)20-12-14-21(15-13-20)26(6,7)22-16-18-23(19-17-22)29-27(8,10-2)11-3/h12-19H,9-11H2,1-8H3. The van der Waals surface area contributed by atoms with Crippen molar-refractivity contribution in [3.8, 4) is 5.75 Å². The van der Waals surface area contributed by atoms with E-state index in [1.807, 2.05) is 45.0 Å². The van der Waals surface area contributed by atoms with Gasteiger partial charge in [-0.15, -0.1) is 0 Å². The Morgan fingerprint density at radius 3 is 1.63 bits per heavy atom. The summed E-state index contributed by atoms with van der Waals surface area (Å²) in [6.45, 7) is 16.7. The summed E-state index contributed by atoms with van der Waals surface area (Å²) in [5.74, 6) is 0.625. The Balaban J connectivity index is 2.18. The van der Waals surface area contributed by atoms with Crippen LogP contribution in [-0.2, 0) is 10.2 Å². The van der Waals surface area contributed by atoms with E-state index in [-0.39, 0.29) is 17.0 Å². The van der Waals surface area contributed by atoms with Crippen LogP contribution in [0.15, 0.2) is 48.5 Å². The smallest absolute Gasteiger partial charge is 0.338 e. The minimum Gasteiger partial charge on any atom is -0.488 e. The van der Waals surface area contributed by atoms with E-state index in [1.165, 1.54) is 5.56 Å². The Morgan fingerprint density at radius 2 is 1.20 bits per heavy atom. The second kappa shape index (κ2) is 9.24. The molecule has 0 aromatic heterocycles. The molecule has 0 spiro atoms. The van der Waals surface area contributed by atoms with Crippen molar-refractivity contribution < 1.29 is 14.3 Å². The zero-order chi connectivity index (χ0) is 22.6. The SMILES string of the molecule is CCC(C)(C)OC(=O)c1ccc(C(C)(C)c2ccc(OC(C)(CC)CC)cc2)cc1. The van der Waals surface area contributed by atoms with Gasteiger partial charge in [0.25, 0.3) is 0 Å². The van der Waals surface area contributed by atoms with Crippen LogP contribution in [0.25, 0.3) is 0 Å². The summed E-state index contributed by atoms with van der Waals surface area (Å²) in [5, 5.41) is 0. The third-order valence-corrected chi connectivity index (χ3v) is 6.50. The van der Waals surface area contributed by atoms with Crippen molar-refractivity contribution in [3.63, 3.8) is 0 Å². The lowest BCUT2D eigenvalue weighted by Crippen LogP contribution is -2.30. The number of carbonyl (C=O) groups excluding carboxylic acids is 1. The van der Waals surface area contributed by atoms with Crippen LogP contribution in [-0.4, -0.2) is 17.2 Å². The van der Waals surface area contributed by atoms with E-state index >= 15 is 0 Å². The van der Waals surface area contributed by atoms with E-state index in [9.17, 15) is 4.79 Å². The Labute approximate surface area is 182 Å². The Bertz CT molecular complexity index is 825. The van der Waals surface area contributed by atoms with E-state index < -0.39 is 5.60 Å². The Kier molecular flexibility index (Phi) is 7.39. The first-order valence-corrected chi connectivity index (χ1v) is 11.1. The molecular formula is C27H38O3. The zero-order valence-electron chi connectivity index (χ0n) is 20.0. The minimum atomic E-state index is -0.454. The van der Waals surface area contributed by atoms with Crippen molar-refractivity contribution in [3.05, 3.63) is 65.2 Å². The summed E-state index contributed by atoms with van der Waals surface area (Å²) in [6, 6.07) is 16.1. The molecule has 164 valence electrons. The third-order valence-electron chi connectivity index (χ3n) is 6.50. The summed E-state index contributed by atoms with van der Waals surface area (Å²) in [5.41, 5.74) is 2.15. The average molecular weight is 411 g/mol. The van der Waals surface area contributed by atoms with Gasteiger partial charge >= 0.3 is 5.97 Å². The summed E-state index contributed by atoms with van der Waals surface area (Å²) in [6.07, 6.45) is 2.72. The van der Waals surface area contributed by atoms with Gasteiger partial charge in [0.15, 0.2) is 0 Å². The number of hydrogen-bond acceptors (Lipinski definition) is 3. The maximum absolute atomic E-state index is 12.4.